The van der Waals surface area contributed by atoms with Crippen LogP contribution in [0.15, 0.2) is 24.3 Å². The standard InChI is InChI=1S/C12H20NO.CHF3O3S/c1-4-13(3,5-2)12-8-6-11(10-14)7-9-12;2-1(3,4)8(5,6)7/h6-9,14H,4-5,10H2,1-3H3;(H,5,6,7)/q+1;/p-1. The predicted molar refractivity (Wildman–Crippen MR) is 76.9 cm³/mol. The molecule has 0 atom stereocenters. The van der Waals surface area contributed by atoms with Gasteiger partial charge in [0.25, 0.3) is 0 Å². The first kappa shape index (κ1) is 20.8. The molecule has 0 aromatic heterocycles. The third-order valence-corrected chi connectivity index (χ3v) is 3.99. The summed E-state index contributed by atoms with van der Waals surface area (Å²) in [5, 5.41) is 8.94. The van der Waals surface area contributed by atoms with Crippen LogP contribution in [-0.2, 0) is 16.7 Å². The Morgan fingerprint density at radius 2 is 1.50 bits per heavy atom. The second-order valence-electron chi connectivity index (χ2n) is 4.75. The summed E-state index contributed by atoms with van der Waals surface area (Å²) < 4.78 is 59.9. The number of quaternary nitrogens is 1. The topological polar surface area (TPSA) is 77.4 Å². The van der Waals surface area contributed by atoms with E-state index in [9.17, 15) is 13.2 Å². The van der Waals surface area contributed by atoms with Gasteiger partial charge < -0.3 is 9.66 Å². The lowest BCUT2D eigenvalue weighted by atomic mass is 10.2. The molecular formula is C13H20F3NO4S. The number of hydrogen-bond acceptors (Lipinski definition) is 4. The molecule has 22 heavy (non-hydrogen) atoms. The molecule has 1 aromatic carbocycles. The maximum Gasteiger partial charge on any atom is 0.485 e. The van der Waals surface area contributed by atoms with Crippen molar-refractivity contribution in [1.82, 2.24) is 4.48 Å². The SMILES string of the molecule is CC[N+](C)(CC)c1ccc(CO)cc1.O=S(=O)([O-])C(F)(F)F. The normalized spacial score (nSPS) is 12.5. The summed E-state index contributed by atoms with van der Waals surface area (Å²) in [6, 6.07) is 8.21. The van der Waals surface area contributed by atoms with Gasteiger partial charge in [0, 0.05) is 0 Å². The minimum atomic E-state index is -6.09. The van der Waals surface area contributed by atoms with E-state index in [1.54, 1.807) is 0 Å². The molecule has 128 valence electrons. The van der Waals surface area contributed by atoms with Gasteiger partial charge in [-0.15, -0.1) is 0 Å². The Kier molecular flexibility index (Phi) is 7.49. The van der Waals surface area contributed by atoms with E-state index in [1.165, 1.54) is 5.69 Å². The van der Waals surface area contributed by atoms with Gasteiger partial charge in [0.1, 0.15) is 5.69 Å². The fourth-order valence-corrected chi connectivity index (χ4v) is 1.55. The number of halogens is 3. The summed E-state index contributed by atoms with van der Waals surface area (Å²) in [6.45, 7) is 6.71. The zero-order valence-electron chi connectivity index (χ0n) is 12.6. The molecule has 0 spiro atoms. The molecule has 0 aliphatic rings. The quantitative estimate of drug-likeness (QED) is 0.516. The Morgan fingerprint density at radius 1 is 1.14 bits per heavy atom. The van der Waals surface area contributed by atoms with E-state index in [0.29, 0.717) is 0 Å². The average molecular weight is 343 g/mol. The lowest BCUT2D eigenvalue weighted by Gasteiger charge is -2.31. The van der Waals surface area contributed by atoms with Crippen LogP contribution in [0.25, 0.3) is 0 Å². The minimum Gasteiger partial charge on any atom is -0.741 e. The second kappa shape index (κ2) is 7.91. The first-order valence-corrected chi connectivity index (χ1v) is 7.89. The first-order chi connectivity index (χ1) is 9.91. The minimum absolute atomic E-state index is 0.127. The molecule has 0 bridgehead atoms. The molecule has 0 aliphatic carbocycles. The summed E-state index contributed by atoms with van der Waals surface area (Å²) in [5.41, 5.74) is -3.35. The molecule has 1 aromatic rings. The Labute approximate surface area is 128 Å². The molecular weight excluding hydrogens is 323 g/mol. The van der Waals surface area contributed by atoms with Crippen molar-refractivity contribution >= 4 is 15.8 Å². The van der Waals surface area contributed by atoms with Crippen LogP contribution in [0.4, 0.5) is 18.9 Å². The average Bonchev–Trinajstić information content (AvgIpc) is 2.45. The molecule has 0 fully saturated rings. The lowest BCUT2D eigenvalue weighted by molar-refractivity contribution is -0.0517. The molecule has 0 amide bonds. The Hall–Kier alpha value is -1.16. The van der Waals surface area contributed by atoms with Crippen molar-refractivity contribution in [2.24, 2.45) is 0 Å². The van der Waals surface area contributed by atoms with Gasteiger partial charge in [-0.2, -0.15) is 13.2 Å². The summed E-state index contributed by atoms with van der Waals surface area (Å²) in [6.07, 6.45) is 0. The van der Waals surface area contributed by atoms with Crippen molar-refractivity contribution in [3.63, 3.8) is 0 Å². The number of aliphatic hydroxyl groups is 1. The summed E-state index contributed by atoms with van der Waals surface area (Å²) in [4.78, 5) is 0. The monoisotopic (exact) mass is 343 g/mol. The second-order valence-corrected chi connectivity index (χ2v) is 6.12. The molecule has 0 saturated carbocycles. The van der Waals surface area contributed by atoms with E-state index >= 15 is 0 Å². The van der Waals surface area contributed by atoms with E-state index in [1.807, 2.05) is 12.1 Å². The van der Waals surface area contributed by atoms with Crippen LogP contribution in [0.1, 0.15) is 19.4 Å². The number of alkyl halides is 3. The van der Waals surface area contributed by atoms with Gasteiger partial charge in [0.15, 0.2) is 10.1 Å². The molecule has 1 rings (SSSR count). The number of rotatable bonds is 4. The highest BCUT2D eigenvalue weighted by Crippen LogP contribution is 2.21. The van der Waals surface area contributed by atoms with Gasteiger partial charge in [0.05, 0.1) is 26.7 Å². The molecule has 0 aliphatic heterocycles. The highest BCUT2D eigenvalue weighted by atomic mass is 32.2. The van der Waals surface area contributed by atoms with Crippen molar-refractivity contribution in [2.75, 3.05) is 20.1 Å². The van der Waals surface area contributed by atoms with E-state index in [2.05, 4.69) is 33.0 Å². The fourth-order valence-electron chi connectivity index (χ4n) is 1.55. The van der Waals surface area contributed by atoms with E-state index in [4.69, 9.17) is 18.1 Å². The Balaban J connectivity index is 0.000000472. The van der Waals surface area contributed by atoms with Crippen LogP contribution in [0, 0.1) is 0 Å². The van der Waals surface area contributed by atoms with Crippen LogP contribution >= 0.6 is 0 Å². The van der Waals surface area contributed by atoms with Crippen LogP contribution in [0.3, 0.4) is 0 Å². The smallest absolute Gasteiger partial charge is 0.485 e. The molecule has 0 saturated heterocycles. The molecule has 9 heteroatoms. The van der Waals surface area contributed by atoms with Gasteiger partial charge in [-0.05, 0) is 31.5 Å². The van der Waals surface area contributed by atoms with Crippen molar-refractivity contribution in [3.8, 4) is 0 Å². The van der Waals surface area contributed by atoms with Crippen LogP contribution in [-0.4, -0.2) is 43.7 Å². The van der Waals surface area contributed by atoms with E-state index < -0.39 is 15.6 Å². The third kappa shape index (κ3) is 5.91. The van der Waals surface area contributed by atoms with Crippen molar-refractivity contribution in [2.45, 2.75) is 26.0 Å². The Morgan fingerprint density at radius 3 is 1.73 bits per heavy atom. The van der Waals surface area contributed by atoms with Gasteiger partial charge in [-0.25, -0.2) is 8.42 Å². The van der Waals surface area contributed by atoms with Crippen molar-refractivity contribution in [1.29, 1.82) is 0 Å². The van der Waals surface area contributed by atoms with Gasteiger partial charge >= 0.3 is 5.51 Å². The van der Waals surface area contributed by atoms with Crippen LogP contribution in [0.5, 0.6) is 0 Å². The largest absolute Gasteiger partial charge is 0.741 e. The van der Waals surface area contributed by atoms with Gasteiger partial charge in [-0.1, -0.05) is 12.1 Å². The van der Waals surface area contributed by atoms with Crippen molar-refractivity contribution in [3.05, 3.63) is 29.8 Å². The summed E-state index contributed by atoms with van der Waals surface area (Å²) in [5.74, 6) is 0. The highest BCUT2D eigenvalue weighted by molar-refractivity contribution is 7.86. The molecule has 1 N–H and O–H groups in total. The van der Waals surface area contributed by atoms with Crippen LogP contribution in [0.2, 0.25) is 0 Å². The maximum atomic E-state index is 10.7. The molecule has 0 radical (unpaired) electrons. The number of aliphatic hydroxyl groups excluding tert-OH is 1. The fraction of sp³-hybridized carbons (Fsp3) is 0.538. The van der Waals surface area contributed by atoms with E-state index in [-0.39, 0.29) is 6.61 Å². The van der Waals surface area contributed by atoms with E-state index in [0.717, 1.165) is 23.1 Å². The first-order valence-electron chi connectivity index (χ1n) is 6.48. The van der Waals surface area contributed by atoms with Gasteiger partial charge in [-0.3, -0.25) is 4.48 Å². The zero-order valence-corrected chi connectivity index (χ0v) is 13.4. The molecule has 0 heterocycles. The Bertz CT molecular complexity index is 552. The third-order valence-electron chi connectivity index (χ3n) is 3.42. The highest BCUT2D eigenvalue weighted by Gasteiger charge is 2.36. The lowest BCUT2D eigenvalue weighted by Crippen LogP contribution is -2.44. The number of benzene rings is 1. The summed E-state index contributed by atoms with van der Waals surface area (Å²) >= 11 is 0. The molecule has 0 unspecified atom stereocenters. The van der Waals surface area contributed by atoms with Crippen LogP contribution < -0.4 is 4.48 Å². The zero-order chi connectivity index (χ0) is 17.6. The molecule has 5 nitrogen and oxygen atoms in total. The van der Waals surface area contributed by atoms with Crippen molar-refractivity contribution < 1.29 is 31.2 Å². The predicted octanol–water partition coefficient (Wildman–Crippen LogP) is 2.21. The summed E-state index contributed by atoms with van der Waals surface area (Å²) in [7, 11) is -3.86. The van der Waals surface area contributed by atoms with Gasteiger partial charge in [0.2, 0.25) is 0 Å². The number of nitrogens with zero attached hydrogens (tertiary/aromatic N) is 1. The number of hydrogen-bond donors (Lipinski definition) is 1. The maximum absolute atomic E-state index is 10.7.